The number of amides is 2. The average molecular weight is 318 g/mol. The van der Waals surface area contributed by atoms with Gasteiger partial charge in [-0.2, -0.15) is 0 Å². The van der Waals surface area contributed by atoms with Gasteiger partial charge in [0.1, 0.15) is 0 Å². The van der Waals surface area contributed by atoms with Gasteiger partial charge in [-0.25, -0.2) is 9.97 Å². The van der Waals surface area contributed by atoms with E-state index in [4.69, 9.17) is 0 Å². The van der Waals surface area contributed by atoms with Crippen molar-refractivity contribution in [1.29, 1.82) is 0 Å². The first-order valence-electron chi connectivity index (χ1n) is 8.01. The highest BCUT2D eigenvalue weighted by Crippen LogP contribution is 2.10. The summed E-state index contributed by atoms with van der Waals surface area (Å²) in [5.74, 6) is 0.920. The molecule has 8 nitrogen and oxygen atoms in total. The van der Waals surface area contributed by atoms with Crippen LogP contribution < -0.4 is 10.2 Å². The second-order valence-corrected chi connectivity index (χ2v) is 5.79. The fourth-order valence-electron chi connectivity index (χ4n) is 2.90. The van der Waals surface area contributed by atoms with Crippen LogP contribution in [-0.2, 0) is 9.59 Å². The molecule has 0 atom stereocenters. The zero-order valence-electron chi connectivity index (χ0n) is 13.1. The molecule has 0 radical (unpaired) electrons. The first-order valence-corrected chi connectivity index (χ1v) is 8.01. The van der Waals surface area contributed by atoms with Crippen molar-refractivity contribution in [3.63, 3.8) is 0 Å². The van der Waals surface area contributed by atoms with Gasteiger partial charge in [-0.15, -0.1) is 0 Å². The normalized spacial score (nSPS) is 19.6. The Hall–Kier alpha value is -2.22. The first-order chi connectivity index (χ1) is 11.2. The Balaban J connectivity index is 1.42. The van der Waals surface area contributed by atoms with E-state index in [1.54, 1.807) is 18.5 Å². The van der Waals surface area contributed by atoms with Gasteiger partial charge in [0.2, 0.25) is 17.8 Å². The minimum atomic E-state index is 0.0418. The molecule has 0 aliphatic carbocycles. The summed E-state index contributed by atoms with van der Waals surface area (Å²) in [6, 6.07) is 1.80. The first kappa shape index (κ1) is 15.7. The fourth-order valence-corrected chi connectivity index (χ4v) is 2.90. The van der Waals surface area contributed by atoms with E-state index in [9.17, 15) is 9.59 Å². The molecule has 2 fully saturated rings. The minimum absolute atomic E-state index is 0.0418. The molecule has 8 heteroatoms. The molecule has 3 heterocycles. The summed E-state index contributed by atoms with van der Waals surface area (Å²) in [6.45, 7) is 5.42. The quantitative estimate of drug-likeness (QED) is 0.763. The van der Waals surface area contributed by atoms with Crippen LogP contribution in [0.4, 0.5) is 5.95 Å². The van der Waals surface area contributed by atoms with E-state index in [1.807, 2.05) is 9.80 Å². The predicted octanol–water partition coefficient (Wildman–Crippen LogP) is -1.05. The second kappa shape index (κ2) is 7.36. The Morgan fingerprint density at radius 3 is 2.57 bits per heavy atom. The molecule has 2 aliphatic rings. The third kappa shape index (κ3) is 4.16. The van der Waals surface area contributed by atoms with Crippen LogP contribution in [-0.4, -0.2) is 83.9 Å². The smallest absolute Gasteiger partial charge is 0.234 e. The number of anilines is 1. The van der Waals surface area contributed by atoms with Gasteiger partial charge in [-0.3, -0.25) is 14.5 Å². The van der Waals surface area contributed by atoms with Gasteiger partial charge in [-0.05, 0) is 6.07 Å². The molecule has 0 spiro atoms. The topological polar surface area (TPSA) is 81.7 Å². The number of hydrogen-bond acceptors (Lipinski definition) is 6. The zero-order valence-corrected chi connectivity index (χ0v) is 13.1. The third-order valence-electron chi connectivity index (χ3n) is 4.23. The van der Waals surface area contributed by atoms with Gasteiger partial charge in [0.15, 0.2) is 0 Å². The summed E-state index contributed by atoms with van der Waals surface area (Å²) in [5.41, 5.74) is 0. The Labute approximate surface area is 135 Å². The molecule has 0 saturated carbocycles. The van der Waals surface area contributed by atoms with E-state index >= 15 is 0 Å². The predicted molar refractivity (Wildman–Crippen MR) is 84.9 cm³/mol. The van der Waals surface area contributed by atoms with Crippen molar-refractivity contribution in [2.45, 2.75) is 6.42 Å². The van der Waals surface area contributed by atoms with Gasteiger partial charge in [0.05, 0.1) is 6.54 Å². The van der Waals surface area contributed by atoms with E-state index in [2.05, 4.69) is 20.2 Å². The number of piperazine rings is 2. The number of carbonyl (C=O) groups is 2. The summed E-state index contributed by atoms with van der Waals surface area (Å²) in [5, 5.41) is 2.79. The van der Waals surface area contributed by atoms with Crippen LogP contribution in [0.3, 0.4) is 0 Å². The van der Waals surface area contributed by atoms with E-state index in [0.717, 1.165) is 25.6 Å². The van der Waals surface area contributed by atoms with E-state index in [1.165, 1.54) is 0 Å². The highest BCUT2D eigenvalue weighted by molar-refractivity contribution is 5.79. The van der Waals surface area contributed by atoms with Crippen LogP contribution in [0.1, 0.15) is 6.42 Å². The number of nitrogens with one attached hydrogen (secondary N) is 1. The largest absolute Gasteiger partial charge is 0.354 e. The van der Waals surface area contributed by atoms with Gasteiger partial charge in [0, 0.05) is 64.6 Å². The van der Waals surface area contributed by atoms with Gasteiger partial charge in [-0.1, -0.05) is 0 Å². The molecule has 1 aromatic rings. The van der Waals surface area contributed by atoms with E-state index < -0.39 is 0 Å². The molecule has 2 saturated heterocycles. The molecular formula is C15H22N6O2. The Morgan fingerprint density at radius 2 is 1.87 bits per heavy atom. The molecular weight excluding hydrogens is 296 g/mol. The number of nitrogens with zero attached hydrogens (tertiary/aromatic N) is 5. The van der Waals surface area contributed by atoms with Gasteiger partial charge < -0.3 is 15.1 Å². The van der Waals surface area contributed by atoms with E-state index in [0.29, 0.717) is 39.1 Å². The summed E-state index contributed by atoms with van der Waals surface area (Å²) in [6.07, 6.45) is 3.93. The van der Waals surface area contributed by atoms with Crippen molar-refractivity contribution in [2.24, 2.45) is 0 Å². The molecule has 1 N–H and O–H groups in total. The molecule has 0 unspecified atom stereocenters. The SMILES string of the molecule is O=C1CN(CCC(=O)N2CCN(c3ncccn3)CC2)CCN1. The number of rotatable bonds is 4. The van der Waals surface area contributed by atoms with Crippen molar-refractivity contribution in [3.8, 4) is 0 Å². The summed E-state index contributed by atoms with van der Waals surface area (Å²) in [4.78, 5) is 38.1. The monoisotopic (exact) mass is 318 g/mol. The van der Waals surface area contributed by atoms with Crippen LogP contribution in [0.15, 0.2) is 18.5 Å². The fraction of sp³-hybridized carbons (Fsp3) is 0.600. The Bertz CT molecular complexity index is 544. The second-order valence-electron chi connectivity index (χ2n) is 5.79. The van der Waals surface area contributed by atoms with Crippen LogP contribution >= 0.6 is 0 Å². The summed E-state index contributed by atoms with van der Waals surface area (Å²) >= 11 is 0. The van der Waals surface area contributed by atoms with Gasteiger partial charge >= 0.3 is 0 Å². The maximum absolute atomic E-state index is 12.3. The summed E-state index contributed by atoms with van der Waals surface area (Å²) < 4.78 is 0. The minimum Gasteiger partial charge on any atom is -0.354 e. The highest BCUT2D eigenvalue weighted by atomic mass is 16.2. The molecule has 3 rings (SSSR count). The standard InChI is InChI=1S/C15H22N6O2/c22-13-12-19(7-5-16-13)6-2-14(23)20-8-10-21(11-9-20)15-17-3-1-4-18-15/h1,3-4H,2,5-12H2,(H,16,22). The molecule has 2 aliphatic heterocycles. The maximum Gasteiger partial charge on any atom is 0.234 e. The van der Waals surface area contributed by atoms with Crippen LogP contribution in [0.5, 0.6) is 0 Å². The van der Waals surface area contributed by atoms with Crippen molar-refractivity contribution in [1.82, 2.24) is 25.1 Å². The zero-order chi connectivity index (χ0) is 16.1. The van der Waals surface area contributed by atoms with Crippen molar-refractivity contribution in [2.75, 3.05) is 57.3 Å². The van der Waals surface area contributed by atoms with Crippen molar-refractivity contribution in [3.05, 3.63) is 18.5 Å². The van der Waals surface area contributed by atoms with Crippen LogP contribution in [0.25, 0.3) is 0 Å². The maximum atomic E-state index is 12.3. The molecule has 1 aromatic heterocycles. The Kier molecular flexibility index (Phi) is 5.02. The Morgan fingerprint density at radius 1 is 1.13 bits per heavy atom. The number of hydrogen-bond donors (Lipinski definition) is 1. The lowest BCUT2D eigenvalue weighted by Gasteiger charge is -2.35. The van der Waals surface area contributed by atoms with E-state index in [-0.39, 0.29) is 11.8 Å². The lowest BCUT2D eigenvalue weighted by molar-refractivity contribution is -0.132. The number of carbonyl (C=O) groups excluding carboxylic acids is 2. The lowest BCUT2D eigenvalue weighted by Crippen LogP contribution is -2.51. The third-order valence-corrected chi connectivity index (χ3v) is 4.23. The molecule has 0 aromatic carbocycles. The number of aromatic nitrogens is 2. The van der Waals surface area contributed by atoms with Gasteiger partial charge in [0.25, 0.3) is 0 Å². The van der Waals surface area contributed by atoms with Crippen LogP contribution in [0.2, 0.25) is 0 Å². The van der Waals surface area contributed by atoms with Crippen molar-refractivity contribution < 1.29 is 9.59 Å². The average Bonchev–Trinajstić information content (AvgIpc) is 2.61. The highest BCUT2D eigenvalue weighted by Gasteiger charge is 2.23. The summed E-state index contributed by atoms with van der Waals surface area (Å²) in [7, 11) is 0. The molecule has 23 heavy (non-hydrogen) atoms. The van der Waals surface area contributed by atoms with Crippen molar-refractivity contribution >= 4 is 17.8 Å². The molecule has 124 valence electrons. The lowest BCUT2D eigenvalue weighted by atomic mass is 10.2. The molecule has 0 bridgehead atoms. The van der Waals surface area contributed by atoms with Crippen LogP contribution in [0, 0.1) is 0 Å². The molecule has 2 amide bonds.